The number of rotatable bonds is 13. The van der Waals surface area contributed by atoms with E-state index in [1.165, 1.54) is 53.9 Å². The first-order valence-electron chi connectivity index (χ1n) is 23.1. The zero-order chi connectivity index (χ0) is 48.6. The number of fused-ring (bicyclic) bond motifs is 5. The fourth-order valence-corrected chi connectivity index (χ4v) is 13.1. The molecule has 7 rings (SSSR count). The Morgan fingerprint density at radius 2 is 1.42 bits per heavy atom. The summed E-state index contributed by atoms with van der Waals surface area (Å²) in [4.78, 5) is 13.6. The van der Waals surface area contributed by atoms with Crippen LogP contribution in [0.2, 0.25) is 0 Å². The Bertz CT molecular complexity index is 1910. The van der Waals surface area contributed by atoms with Crippen molar-refractivity contribution in [3.63, 3.8) is 0 Å². The zero-order valence-corrected chi connectivity index (χ0v) is 42.6. The topological polar surface area (TPSA) is 310 Å². The van der Waals surface area contributed by atoms with E-state index in [1.807, 2.05) is 0 Å². The van der Waals surface area contributed by atoms with Gasteiger partial charge in [-0.1, -0.05) is 31.6 Å². The summed E-state index contributed by atoms with van der Waals surface area (Å²) in [6.07, 6.45) is -14.0. The number of hydrogen-bond acceptors (Lipinski definition) is 20. The maximum absolute atomic E-state index is 13.6. The zero-order valence-electron chi connectivity index (χ0n) is 39.8. The third-order valence-corrected chi connectivity index (χ3v) is 16.7. The fourth-order valence-electron chi connectivity index (χ4n) is 12.6. The van der Waals surface area contributed by atoms with E-state index in [0.717, 1.165) is 5.57 Å². The van der Waals surface area contributed by atoms with E-state index in [2.05, 4.69) is 19.9 Å². The van der Waals surface area contributed by atoms with E-state index in [0.29, 0.717) is 32.1 Å². The first-order chi connectivity index (χ1) is 30.6. The molecule has 378 valence electrons. The Labute approximate surface area is 414 Å². The van der Waals surface area contributed by atoms with Crippen LogP contribution in [-0.4, -0.2) is 183 Å². The van der Waals surface area contributed by atoms with Crippen LogP contribution in [0.3, 0.4) is 0 Å². The molecule has 3 heterocycles. The molecular weight excluding hydrogens is 916 g/mol. The molecule has 0 aromatic heterocycles. The van der Waals surface area contributed by atoms with E-state index < -0.39 is 155 Å². The van der Waals surface area contributed by atoms with Crippen LogP contribution in [0.1, 0.15) is 93.4 Å². The first-order valence-corrected chi connectivity index (χ1v) is 24.5. The van der Waals surface area contributed by atoms with Crippen LogP contribution in [0.4, 0.5) is 0 Å². The number of aliphatic hydroxyl groups is 8. The van der Waals surface area contributed by atoms with E-state index in [-0.39, 0.29) is 54.2 Å². The summed E-state index contributed by atoms with van der Waals surface area (Å²) < 4.78 is 82.5. The van der Waals surface area contributed by atoms with Gasteiger partial charge in [0.2, 0.25) is 10.4 Å². The van der Waals surface area contributed by atoms with Crippen molar-refractivity contribution >= 4 is 16.2 Å². The van der Waals surface area contributed by atoms with Crippen molar-refractivity contribution in [1.82, 2.24) is 0 Å². The van der Waals surface area contributed by atoms with Crippen LogP contribution in [0, 0.1) is 34.5 Å². The third-order valence-electron chi connectivity index (χ3n) is 16.2. The van der Waals surface area contributed by atoms with Gasteiger partial charge in [0.25, 0.3) is 0 Å². The maximum Gasteiger partial charge on any atom is 1.00 e. The average Bonchev–Trinajstić information content (AvgIpc) is 3.60. The number of carbonyl (C=O) groups is 1. The van der Waals surface area contributed by atoms with Gasteiger partial charge in [-0.2, -0.15) is 0 Å². The summed E-state index contributed by atoms with van der Waals surface area (Å²) in [5, 5.41) is 88.9. The first kappa shape index (κ1) is 55.7. The van der Waals surface area contributed by atoms with Crippen molar-refractivity contribution in [2.24, 2.45) is 34.5 Å². The minimum Gasteiger partial charge on any atom is -0.726 e. The summed E-state index contributed by atoms with van der Waals surface area (Å²) >= 11 is 0. The van der Waals surface area contributed by atoms with E-state index in [4.69, 9.17) is 37.3 Å². The molecule has 1 unspecified atom stereocenters. The molecule has 6 fully saturated rings. The van der Waals surface area contributed by atoms with Crippen LogP contribution < -0.4 is 29.6 Å². The number of aliphatic hydroxyl groups excluding tert-OH is 6. The Hall–Kier alpha value is -0.580. The molecule has 23 atom stereocenters. The maximum atomic E-state index is 13.6. The summed E-state index contributed by atoms with van der Waals surface area (Å²) in [6.45, 7) is 11.4. The second kappa shape index (κ2) is 20.7. The van der Waals surface area contributed by atoms with Gasteiger partial charge in [0.1, 0.15) is 60.5 Å². The van der Waals surface area contributed by atoms with Gasteiger partial charge in [-0.3, -0.25) is 8.98 Å². The van der Waals surface area contributed by atoms with Gasteiger partial charge in [-0.25, -0.2) is 8.42 Å². The summed E-state index contributed by atoms with van der Waals surface area (Å²) in [6, 6.07) is 0. The molecule has 3 aliphatic heterocycles. The molecule has 0 radical (unpaired) electrons. The molecule has 8 N–H and O–H groups in total. The monoisotopic (exact) mass is 986 g/mol. The van der Waals surface area contributed by atoms with Crippen LogP contribution >= 0.6 is 0 Å². The molecule has 0 spiro atoms. The van der Waals surface area contributed by atoms with Crippen molar-refractivity contribution in [3.05, 3.63) is 23.8 Å². The van der Waals surface area contributed by atoms with E-state index >= 15 is 0 Å². The molecule has 3 saturated carbocycles. The minimum absolute atomic E-state index is 0. The molecule has 67 heavy (non-hydrogen) atoms. The number of ketones is 1. The predicted molar refractivity (Wildman–Crippen MR) is 226 cm³/mol. The molecule has 0 aromatic carbocycles. The van der Waals surface area contributed by atoms with Gasteiger partial charge < -0.3 is 78.6 Å². The van der Waals surface area contributed by atoms with Gasteiger partial charge in [0, 0.05) is 13.0 Å². The SMILES string of the molecule is CO[C@@H]1[C@@H](O)[C@H](O[C@H]2[C@H](O[C@@H]3[C@@H](O)[C@H](O[C@H]4C[C@@H]5C(=CC[C@@]6(C)[C@H]5CC[C@@H]6[C@@](C)(O)C(=O)/C=C/C(C)(C)O)[C@@]5(C)CC[C@H](OS(=O)(=O)[O-])CC45)O[C@H](C)[C@H]3O)OC[C@@H](O)[C@@H]2O)O[C@H](C)[C@H]1O.[Na+]. The minimum atomic E-state index is -5.07. The summed E-state index contributed by atoms with van der Waals surface area (Å²) in [5.74, 6) is -1.64. The second-order valence-electron chi connectivity index (χ2n) is 21.1. The number of methoxy groups -OCH3 is 1. The Morgan fingerprint density at radius 1 is 0.821 bits per heavy atom. The molecular formula is C45H71NaO20S. The van der Waals surface area contributed by atoms with Crippen molar-refractivity contribution in [2.75, 3.05) is 13.7 Å². The predicted octanol–water partition coefficient (Wildman–Crippen LogP) is -3.15. The average molecular weight is 987 g/mol. The van der Waals surface area contributed by atoms with Crippen LogP contribution in [-0.2, 0) is 52.5 Å². The number of allylic oxidation sites excluding steroid dienone is 2. The number of hydrogen-bond donors (Lipinski definition) is 8. The van der Waals surface area contributed by atoms with Gasteiger partial charge in [-0.15, -0.1) is 0 Å². The van der Waals surface area contributed by atoms with Crippen LogP contribution in [0.15, 0.2) is 23.8 Å². The Balaban J connectivity index is 0.00000741. The molecule has 0 bridgehead atoms. The largest absolute Gasteiger partial charge is 1.00 e. The smallest absolute Gasteiger partial charge is 0.726 e. The molecule has 20 nitrogen and oxygen atoms in total. The van der Waals surface area contributed by atoms with Crippen LogP contribution in [0.25, 0.3) is 0 Å². The number of ether oxygens (including phenoxy) is 7. The molecule has 0 aromatic rings. The van der Waals surface area contributed by atoms with Crippen molar-refractivity contribution in [3.8, 4) is 0 Å². The van der Waals surface area contributed by atoms with E-state index in [9.17, 15) is 58.6 Å². The van der Waals surface area contributed by atoms with Gasteiger partial charge in [0.05, 0.1) is 36.6 Å². The van der Waals surface area contributed by atoms with Crippen LogP contribution in [0.5, 0.6) is 0 Å². The fraction of sp³-hybridized carbons (Fsp3) is 0.889. The van der Waals surface area contributed by atoms with Gasteiger partial charge >= 0.3 is 29.6 Å². The third kappa shape index (κ3) is 11.0. The molecule has 0 amide bonds. The van der Waals surface area contributed by atoms with Crippen molar-refractivity contribution < 1.29 is 126 Å². The molecule has 22 heteroatoms. The molecule has 3 saturated heterocycles. The quantitative estimate of drug-likeness (QED) is 0.0297. The van der Waals surface area contributed by atoms with Gasteiger partial charge in [0.15, 0.2) is 24.7 Å². The number of carbonyl (C=O) groups excluding carboxylic acids is 1. The Morgan fingerprint density at radius 3 is 2.03 bits per heavy atom. The Kier molecular flexibility index (Phi) is 17.2. The van der Waals surface area contributed by atoms with Crippen molar-refractivity contribution in [1.29, 1.82) is 0 Å². The van der Waals surface area contributed by atoms with E-state index in [1.54, 1.807) is 0 Å². The van der Waals surface area contributed by atoms with Crippen molar-refractivity contribution in [2.45, 2.75) is 203 Å². The second-order valence-corrected chi connectivity index (χ2v) is 22.1. The standard InChI is InChI=1S/C45H72O20S.Na/c1-20-31(48)36(58-8)34(51)40(61-20)64-38-33(50)27(46)19-59-41(38)63-37-32(49)21(2)60-39(35(37)52)62-28-18-23-24-9-10-29(45(7,54)30(47)13-14-42(3,4)53)44(24,6)16-12-25(23)43(5)15-11-22(17-26(28)43)65-66(55,56)57;/h12-14,20-24,26-29,31-41,46,48-54H,9-11,15-19H2,1-8H3,(H,55,56,57);/q;+1/p-1/b14-13+;/t20-,21-,22+,23+,24+,26?,27-,28+,29+,31-,32-,33+,34-,35-,36+,37+,38-,39+,40+,41+,43-,44+,45-;/m1./s1. The molecule has 7 aliphatic rings. The summed E-state index contributed by atoms with van der Waals surface area (Å²) in [5.41, 5.74) is -3.06. The summed E-state index contributed by atoms with van der Waals surface area (Å²) in [7, 11) is -3.79. The normalized spacial score (nSPS) is 48.0. The molecule has 4 aliphatic carbocycles. The van der Waals surface area contributed by atoms with Gasteiger partial charge in [-0.05, 0) is 114 Å².